The minimum Gasteiger partial charge on any atom is -0.323 e. The van der Waals surface area contributed by atoms with E-state index in [1.165, 1.54) is 20.2 Å². The maximum Gasteiger partial charge on any atom is 0.251 e. The predicted molar refractivity (Wildman–Crippen MR) is 91.7 cm³/mol. The van der Waals surface area contributed by atoms with E-state index in [1.54, 1.807) is 24.3 Å². The van der Waals surface area contributed by atoms with E-state index in [4.69, 9.17) is 11.6 Å². The van der Waals surface area contributed by atoms with Crippen molar-refractivity contribution in [3.63, 3.8) is 0 Å². The van der Waals surface area contributed by atoms with Crippen LogP contribution >= 0.6 is 11.6 Å². The lowest BCUT2D eigenvalue weighted by atomic mass is 10.3. The predicted octanol–water partition coefficient (Wildman–Crippen LogP) is 1.39. The molecular formula is C15H16ClN3O4S. The summed E-state index contributed by atoms with van der Waals surface area (Å²) in [5, 5.41) is 2.94. The van der Waals surface area contributed by atoms with E-state index >= 15 is 0 Å². The van der Waals surface area contributed by atoms with Crippen LogP contribution in [0.3, 0.4) is 0 Å². The molecule has 0 aliphatic rings. The van der Waals surface area contributed by atoms with Crippen molar-refractivity contribution < 1.29 is 13.2 Å². The zero-order valence-corrected chi connectivity index (χ0v) is 14.6. The Morgan fingerprint density at radius 1 is 1.21 bits per heavy atom. The van der Waals surface area contributed by atoms with Crippen LogP contribution in [0, 0.1) is 0 Å². The van der Waals surface area contributed by atoms with Crippen molar-refractivity contribution in [3.05, 3.63) is 58.0 Å². The zero-order valence-electron chi connectivity index (χ0n) is 13.1. The van der Waals surface area contributed by atoms with E-state index in [0.29, 0.717) is 10.7 Å². The van der Waals surface area contributed by atoms with Gasteiger partial charge in [0.1, 0.15) is 6.54 Å². The summed E-state index contributed by atoms with van der Waals surface area (Å²) in [6.45, 7) is -0.332. The van der Waals surface area contributed by atoms with Crippen LogP contribution in [0.5, 0.6) is 0 Å². The third kappa shape index (κ3) is 4.02. The van der Waals surface area contributed by atoms with Gasteiger partial charge in [0.25, 0.3) is 5.56 Å². The number of anilines is 1. The van der Waals surface area contributed by atoms with E-state index in [0.717, 1.165) is 21.1 Å². The molecule has 1 aromatic carbocycles. The number of nitrogens with zero attached hydrogens (tertiary/aromatic N) is 2. The Bertz CT molecular complexity index is 922. The number of rotatable bonds is 5. The lowest BCUT2D eigenvalue weighted by Gasteiger charge is -2.13. The lowest BCUT2D eigenvalue weighted by Crippen LogP contribution is -2.29. The molecule has 9 heteroatoms. The zero-order chi connectivity index (χ0) is 17.9. The fourth-order valence-corrected chi connectivity index (χ4v) is 3.01. The lowest BCUT2D eigenvalue weighted by molar-refractivity contribution is -0.116. The smallest absolute Gasteiger partial charge is 0.251 e. The molecule has 1 N–H and O–H groups in total. The van der Waals surface area contributed by atoms with Crippen LogP contribution in [0.4, 0.5) is 5.69 Å². The Kier molecular flexibility index (Phi) is 5.43. The topological polar surface area (TPSA) is 88.5 Å². The highest BCUT2D eigenvalue weighted by atomic mass is 35.5. The Balaban J connectivity index is 2.25. The van der Waals surface area contributed by atoms with E-state index in [9.17, 15) is 18.0 Å². The first-order valence-electron chi connectivity index (χ1n) is 6.89. The van der Waals surface area contributed by atoms with Crippen molar-refractivity contribution in [2.75, 3.05) is 19.4 Å². The first-order chi connectivity index (χ1) is 11.2. The number of sulfonamides is 1. The highest BCUT2D eigenvalue weighted by molar-refractivity contribution is 7.89. The van der Waals surface area contributed by atoms with Crippen LogP contribution < -0.4 is 10.9 Å². The Labute approximate surface area is 144 Å². The fraction of sp³-hybridized carbons (Fsp3) is 0.200. The second-order valence-electron chi connectivity index (χ2n) is 5.15. The molecule has 0 atom stereocenters. The molecule has 0 spiro atoms. The highest BCUT2D eigenvalue weighted by Crippen LogP contribution is 2.20. The maximum atomic E-state index is 12.1. The summed E-state index contributed by atoms with van der Waals surface area (Å²) in [6, 6.07) is 8.98. The minimum absolute atomic E-state index is 0.0716. The number of halogens is 1. The number of pyridine rings is 1. The monoisotopic (exact) mass is 369 g/mol. The van der Waals surface area contributed by atoms with Gasteiger partial charge in [-0.25, -0.2) is 12.7 Å². The Morgan fingerprint density at radius 2 is 1.88 bits per heavy atom. The molecule has 0 saturated carbocycles. The molecule has 0 bridgehead atoms. The van der Waals surface area contributed by atoms with Gasteiger partial charge in [0, 0.05) is 26.4 Å². The number of carbonyl (C=O) groups is 1. The summed E-state index contributed by atoms with van der Waals surface area (Å²) in [4.78, 5) is 23.9. The molecule has 0 radical (unpaired) electrons. The van der Waals surface area contributed by atoms with Gasteiger partial charge in [0.05, 0.1) is 15.6 Å². The minimum atomic E-state index is -3.70. The number of hydrogen-bond donors (Lipinski definition) is 1. The first-order valence-corrected chi connectivity index (χ1v) is 8.71. The SMILES string of the molecule is CN(C)S(=O)(=O)c1ccc(=O)n(CC(=O)Nc2ccccc2Cl)c1. The molecule has 1 amide bonds. The average molecular weight is 370 g/mol. The van der Waals surface area contributed by atoms with Crippen molar-refractivity contribution in [3.8, 4) is 0 Å². The molecule has 0 unspecified atom stereocenters. The summed E-state index contributed by atoms with van der Waals surface area (Å²) in [6.07, 6.45) is 1.14. The molecule has 0 aliphatic heterocycles. The molecule has 128 valence electrons. The van der Waals surface area contributed by atoms with E-state index in [2.05, 4.69) is 5.32 Å². The number of carbonyl (C=O) groups excluding carboxylic acids is 1. The second-order valence-corrected chi connectivity index (χ2v) is 7.71. The standard InChI is InChI=1S/C15H16ClN3O4S/c1-18(2)24(22,23)11-7-8-15(21)19(9-11)10-14(20)17-13-6-4-3-5-12(13)16/h3-9H,10H2,1-2H3,(H,17,20). The molecule has 2 rings (SSSR count). The molecule has 0 fully saturated rings. The first kappa shape index (κ1) is 18.2. The number of aromatic nitrogens is 1. The Hall–Kier alpha value is -2.16. The quantitative estimate of drug-likeness (QED) is 0.862. The molecule has 0 aliphatic carbocycles. The number of hydrogen-bond acceptors (Lipinski definition) is 4. The van der Waals surface area contributed by atoms with Crippen molar-refractivity contribution in [1.82, 2.24) is 8.87 Å². The van der Waals surface area contributed by atoms with Crippen molar-refractivity contribution >= 4 is 33.2 Å². The van der Waals surface area contributed by atoms with Crippen LogP contribution in [0.25, 0.3) is 0 Å². The van der Waals surface area contributed by atoms with Crippen LogP contribution in [0.15, 0.2) is 52.3 Å². The number of amides is 1. The summed E-state index contributed by atoms with van der Waals surface area (Å²) < 4.78 is 26.3. The van der Waals surface area contributed by atoms with Crippen LogP contribution in [-0.2, 0) is 21.4 Å². The average Bonchev–Trinajstić information content (AvgIpc) is 2.51. The van der Waals surface area contributed by atoms with E-state index in [-0.39, 0.29) is 11.4 Å². The number of nitrogens with one attached hydrogen (secondary N) is 1. The highest BCUT2D eigenvalue weighted by Gasteiger charge is 2.18. The molecule has 1 aromatic heterocycles. The normalized spacial score (nSPS) is 11.5. The van der Waals surface area contributed by atoms with Crippen molar-refractivity contribution in [2.45, 2.75) is 11.4 Å². The van der Waals surface area contributed by atoms with Gasteiger partial charge >= 0.3 is 0 Å². The van der Waals surface area contributed by atoms with Gasteiger partial charge in [-0.1, -0.05) is 23.7 Å². The third-order valence-corrected chi connectivity index (χ3v) is 5.33. The van der Waals surface area contributed by atoms with Crippen LogP contribution in [-0.4, -0.2) is 37.3 Å². The third-order valence-electron chi connectivity index (χ3n) is 3.20. The Morgan fingerprint density at radius 3 is 2.50 bits per heavy atom. The van der Waals surface area contributed by atoms with Gasteiger partial charge in [-0.05, 0) is 18.2 Å². The largest absolute Gasteiger partial charge is 0.323 e. The van der Waals surface area contributed by atoms with E-state index < -0.39 is 21.5 Å². The molecular weight excluding hydrogens is 354 g/mol. The van der Waals surface area contributed by atoms with Crippen molar-refractivity contribution in [1.29, 1.82) is 0 Å². The van der Waals surface area contributed by atoms with Crippen LogP contribution in [0.1, 0.15) is 0 Å². The van der Waals surface area contributed by atoms with Gasteiger partial charge in [-0.3, -0.25) is 9.59 Å². The second kappa shape index (κ2) is 7.16. The molecule has 2 aromatic rings. The molecule has 1 heterocycles. The summed E-state index contributed by atoms with van der Waals surface area (Å²) in [7, 11) is -0.929. The fourth-order valence-electron chi connectivity index (χ4n) is 1.90. The number of benzene rings is 1. The molecule has 0 saturated heterocycles. The molecule has 24 heavy (non-hydrogen) atoms. The van der Waals surface area contributed by atoms with Gasteiger partial charge < -0.3 is 9.88 Å². The summed E-state index contributed by atoms with van der Waals surface area (Å²) in [5.41, 5.74) is -0.0729. The van der Waals surface area contributed by atoms with Crippen molar-refractivity contribution in [2.24, 2.45) is 0 Å². The van der Waals surface area contributed by atoms with Gasteiger partial charge in [0.2, 0.25) is 15.9 Å². The van der Waals surface area contributed by atoms with Crippen LogP contribution in [0.2, 0.25) is 5.02 Å². The van der Waals surface area contributed by atoms with Gasteiger partial charge in [-0.15, -0.1) is 0 Å². The maximum absolute atomic E-state index is 12.1. The summed E-state index contributed by atoms with van der Waals surface area (Å²) in [5.74, 6) is -0.496. The molecule has 7 nitrogen and oxygen atoms in total. The van der Waals surface area contributed by atoms with Gasteiger partial charge in [0.15, 0.2) is 0 Å². The van der Waals surface area contributed by atoms with E-state index in [1.807, 2.05) is 0 Å². The van der Waals surface area contributed by atoms with Gasteiger partial charge in [-0.2, -0.15) is 0 Å². The summed E-state index contributed by atoms with van der Waals surface area (Å²) >= 11 is 5.95. The number of para-hydroxylation sites is 1.